The van der Waals surface area contributed by atoms with Gasteiger partial charge in [-0.05, 0) is 50.4 Å². The number of aromatic carboxylic acids is 1. The zero-order valence-electron chi connectivity index (χ0n) is 11.8. The summed E-state index contributed by atoms with van der Waals surface area (Å²) >= 11 is 1.39. The van der Waals surface area contributed by atoms with Crippen LogP contribution in [0.25, 0.3) is 0 Å². The van der Waals surface area contributed by atoms with Crippen molar-refractivity contribution in [1.29, 1.82) is 0 Å². The van der Waals surface area contributed by atoms with Gasteiger partial charge in [0, 0.05) is 11.4 Å². The van der Waals surface area contributed by atoms with Crippen molar-refractivity contribution >= 4 is 17.3 Å². The van der Waals surface area contributed by atoms with Crippen LogP contribution in [0, 0.1) is 12.8 Å². The summed E-state index contributed by atoms with van der Waals surface area (Å²) < 4.78 is 0. The lowest BCUT2D eigenvalue weighted by Crippen LogP contribution is -2.33. The Hall–Kier alpha value is -0.870. The standard InChI is InChI=1S/C15H23NO2S/c1-3-4-12-5-7-16(8-6-12)10-13-9-14(15(17)18)19-11(13)2/h9,12H,3-8,10H2,1-2H3,(H,17,18). The highest BCUT2D eigenvalue weighted by molar-refractivity contribution is 7.14. The number of nitrogens with zero attached hydrogens (tertiary/aromatic N) is 1. The Balaban J connectivity index is 1.90. The van der Waals surface area contributed by atoms with Crippen LogP contribution in [0.3, 0.4) is 0 Å². The number of aryl methyl sites for hydroxylation is 1. The van der Waals surface area contributed by atoms with E-state index < -0.39 is 5.97 Å². The number of thiophene rings is 1. The lowest BCUT2D eigenvalue weighted by molar-refractivity contribution is 0.0702. The molecule has 2 rings (SSSR count). The topological polar surface area (TPSA) is 40.5 Å². The van der Waals surface area contributed by atoms with E-state index in [1.807, 2.05) is 13.0 Å². The number of carboxylic acid groups (broad SMARTS) is 1. The van der Waals surface area contributed by atoms with E-state index in [0.717, 1.165) is 30.4 Å². The molecule has 19 heavy (non-hydrogen) atoms. The molecule has 0 amide bonds. The highest BCUT2D eigenvalue weighted by atomic mass is 32.1. The minimum Gasteiger partial charge on any atom is -0.477 e. The van der Waals surface area contributed by atoms with E-state index in [1.165, 1.54) is 42.6 Å². The SMILES string of the molecule is CCCC1CCN(Cc2cc(C(=O)O)sc2C)CC1. The normalized spacial score (nSPS) is 17.8. The number of carbonyl (C=O) groups is 1. The maximum Gasteiger partial charge on any atom is 0.345 e. The quantitative estimate of drug-likeness (QED) is 0.893. The van der Waals surface area contributed by atoms with Gasteiger partial charge in [0.05, 0.1) is 0 Å². The molecule has 0 unspecified atom stereocenters. The first-order valence-electron chi connectivity index (χ1n) is 7.15. The first kappa shape index (κ1) is 14.5. The second-order valence-electron chi connectivity index (χ2n) is 5.51. The van der Waals surface area contributed by atoms with Gasteiger partial charge >= 0.3 is 5.97 Å². The maximum absolute atomic E-state index is 11.0. The molecular weight excluding hydrogens is 258 g/mol. The van der Waals surface area contributed by atoms with Crippen molar-refractivity contribution in [2.75, 3.05) is 13.1 Å². The van der Waals surface area contributed by atoms with E-state index in [0.29, 0.717) is 4.88 Å². The Labute approximate surface area is 119 Å². The molecule has 1 N–H and O–H groups in total. The van der Waals surface area contributed by atoms with Crippen LogP contribution in [0.15, 0.2) is 6.07 Å². The average molecular weight is 281 g/mol. The van der Waals surface area contributed by atoms with Gasteiger partial charge in [0.15, 0.2) is 0 Å². The van der Waals surface area contributed by atoms with Gasteiger partial charge in [-0.1, -0.05) is 19.8 Å². The van der Waals surface area contributed by atoms with Gasteiger partial charge in [0.2, 0.25) is 0 Å². The largest absolute Gasteiger partial charge is 0.477 e. The highest BCUT2D eigenvalue weighted by Gasteiger charge is 2.20. The summed E-state index contributed by atoms with van der Waals surface area (Å²) in [5.41, 5.74) is 1.19. The zero-order chi connectivity index (χ0) is 13.8. The van der Waals surface area contributed by atoms with Gasteiger partial charge in [-0.15, -0.1) is 11.3 Å². The number of likely N-dealkylation sites (tertiary alicyclic amines) is 1. The van der Waals surface area contributed by atoms with Crippen molar-refractivity contribution in [1.82, 2.24) is 4.90 Å². The third-order valence-corrected chi connectivity index (χ3v) is 5.11. The third-order valence-electron chi connectivity index (χ3n) is 4.03. The van der Waals surface area contributed by atoms with Crippen molar-refractivity contribution in [2.45, 2.75) is 46.1 Å². The molecule has 0 aliphatic carbocycles. The summed E-state index contributed by atoms with van der Waals surface area (Å²) in [5, 5.41) is 9.02. The van der Waals surface area contributed by atoms with E-state index in [2.05, 4.69) is 11.8 Å². The number of piperidine rings is 1. The van der Waals surface area contributed by atoms with Crippen LogP contribution in [0.5, 0.6) is 0 Å². The van der Waals surface area contributed by atoms with Crippen LogP contribution in [-0.4, -0.2) is 29.1 Å². The molecule has 0 bridgehead atoms. The molecule has 1 aromatic rings. The second-order valence-corrected chi connectivity index (χ2v) is 6.76. The highest BCUT2D eigenvalue weighted by Crippen LogP contribution is 2.26. The molecule has 1 aliphatic heterocycles. The summed E-state index contributed by atoms with van der Waals surface area (Å²) in [6, 6.07) is 1.85. The molecule has 0 spiro atoms. The van der Waals surface area contributed by atoms with Crippen LogP contribution in [0.4, 0.5) is 0 Å². The van der Waals surface area contributed by atoms with Crippen molar-refractivity contribution in [3.8, 4) is 0 Å². The molecule has 0 saturated carbocycles. The van der Waals surface area contributed by atoms with Gasteiger partial charge < -0.3 is 5.11 Å². The molecular formula is C15H23NO2S. The van der Waals surface area contributed by atoms with E-state index in [1.54, 1.807) is 0 Å². The van der Waals surface area contributed by atoms with Crippen LogP contribution in [-0.2, 0) is 6.54 Å². The van der Waals surface area contributed by atoms with E-state index in [4.69, 9.17) is 5.11 Å². The zero-order valence-corrected chi connectivity index (χ0v) is 12.6. The average Bonchev–Trinajstić information content (AvgIpc) is 2.74. The first-order chi connectivity index (χ1) is 9.10. The summed E-state index contributed by atoms with van der Waals surface area (Å²) in [7, 11) is 0. The molecule has 0 aromatic carbocycles. The van der Waals surface area contributed by atoms with Crippen molar-refractivity contribution < 1.29 is 9.90 Å². The molecule has 1 fully saturated rings. The number of carboxylic acids is 1. The van der Waals surface area contributed by atoms with Gasteiger partial charge in [-0.2, -0.15) is 0 Å². The molecule has 1 aromatic heterocycles. The Kier molecular flexibility index (Phi) is 4.99. The monoisotopic (exact) mass is 281 g/mol. The van der Waals surface area contributed by atoms with Gasteiger partial charge in [-0.3, -0.25) is 4.90 Å². The summed E-state index contributed by atoms with van der Waals surface area (Å²) in [6.07, 6.45) is 5.23. The molecule has 1 saturated heterocycles. The predicted molar refractivity (Wildman–Crippen MR) is 78.9 cm³/mol. The van der Waals surface area contributed by atoms with E-state index in [9.17, 15) is 4.79 Å². The van der Waals surface area contributed by atoms with Crippen LogP contribution in [0.1, 0.15) is 52.7 Å². The molecule has 1 aliphatic rings. The lowest BCUT2D eigenvalue weighted by atomic mass is 9.92. The summed E-state index contributed by atoms with van der Waals surface area (Å²) in [4.78, 5) is 15.0. The van der Waals surface area contributed by atoms with Crippen molar-refractivity contribution in [3.63, 3.8) is 0 Å². The fraction of sp³-hybridized carbons (Fsp3) is 0.667. The summed E-state index contributed by atoms with van der Waals surface area (Å²) in [5.74, 6) is 0.0976. The van der Waals surface area contributed by atoms with Crippen molar-refractivity contribution in [2.24, 2.45) is 5.92 Å². The van der Waals surface area contributed by atoms with Crippen LogP contribution >= 0.6 is 11.3 Å². The Morgan fingerprint density at radius 2 is 2.16 bits per heavy atom. The van der Waals surface area contributed by atoms with Crippen LogP contribution < -0.4 is 0 Å². The molecule has 2 heterocycles. The van der Waals surface area contributed by atoms with Crippen molar-refractivity contribution in [3.05, 3.63) is 21.4 Å². The Morgan fingerprint density at radius 1 is 1.47 bits per heavy atom. The van der Waals surface area contributed by atoms with E-state index >= 15 is 0 Å². The molecule has 0 atom stereocenters. The molecule has 106 valence electrons. The second kappa shape index (κ2) is 6.53. The lowest BCUT2D eigenvalue weighted by Gasteiger charge is -2.31. The molecule has 4 heteroatoms. The Morgan fingerprint density at radius 3 is 2.68 bits per heavy atom. The molecule has 3 nitrogen and oxygen atoms in total. The number of rotatable bonds is 5. The number of hydrogen-bond donors (Lipinski definition) is 1. The van der Waals surface area contributed by atoms with E-state index in [-0.39, 0.29) is 0 Å². The molecule has 0 radical (unpaired) electrons. The predicted octanol–water partition coefficient (Wildman–Crippen LogP) is 3.77. The van der Waals surface area contributed by atoms with Crippen LogP contribution in [0.2, 0.25) is 0 Å². The van der Waals surface area contributed by atoms with Gasteiger partial charge in [0.1, 0.15) is 4.88 Å². The minimum atomic E-state index is -0.805. The van der Waals surface area contributed by atoms with Gasteiger partial charge in [0.25, 0.3) is 0 Å². The minimum absolute atomic E-state index is 0.466. The smallest absolute Gasteiger partial charge is 0.345 e. The maximum atomic E-state index is 11.0. The third kappa shape index (κ3) is 3.80. The summed E-state index contributed by atoms with van der Waals surface area (Å²) in [6.45, 7) is 7.50. The Bertz CT molecular complexity index is 433. The first-order valence-corrected chi connectivity index (χ1v) is 7.96. The number of hydrogen-bond acceptors (Lipinski definition) is 3. The fourth-order valence-electron chi connectivity index (χ4n) is 2.86. The fourth-order valence-corrected chi connectivity index (χ4v) is 3.74. The van der Waals surface area contributed by atoms with Gasteiger partial charge in [-0.25, -0.2) is 4.79 Å².